The highest BCUT2D eigenvalue weighted by molar-refractivity contribution is 8.00. The first-order valence-corrected chi connectivity index (χ1v) is 11.8. The van der Waals surface area contributed by atoms with Crippen molar-refractivity contribution in [2.45, 2.75) is 82.2 Å². The van der Waals surface area contributed by atoms with E-state index in [0.717, 1.165) is 44.1 Å². The lowest BCUT2D eigenvalue weighted by Crippen LogP contribution is -2.67. The van der Waals surface area contributed by atoms with Crippen LogP contribution < -0.4 is 0 Å². The second kappa shape index (κ2) is 6.19. The molecular formula is C23H33FO2S. The molecule has 4 rings (SSSR count). The van der Waals surface area contributed by atoms with Crippen molar-refractivity contribution in [3.63, 3.8) is 0 Å². The molecule has 3 saturated carbocycles. The lowest BCUT2D eigenvalue weighted by atomic mass is 9.45. The molecule has 0 bridgehead atoms. The molecule has 0 unspecified atom stereocenters. The zero-order valence-electron chi connectivity index (χ0n) is 17.1. The van der Waals surface area contributed by atoms with E-state index in [1.807, 2.05) is 18.7 Å². The Morgan fingerprint density at radius 3 is 2.70 bits per heavy atom. The van der Waals surface area contributed by atoms with Gasteiger partial charge in [-0.2, -0.15) is 11.8 Å². The van der Waals surface area contributed by atoms with Gasteiger partial charge < -0.3 is 5.11 Å². The summed E-state index contributed by atoms with van der Waals surface area (Å²) in [5.41, 5.74) is -1.70. The Morgan fingerprint density at radius 2 is 2.04 bits per heavy atom. The van der Waals surface area contributed by atoms with Gasteiger partial charge in [0.25, 0.3) is 0 Å². The van der Waals surface area contributed by atoms with Gasteiger partial charge in [0.05, 0.1) is 6.10 Å². The number of hydrogen-bond donors (Lipinski definition) is 1. The molecule has 0 aromatic carbocycles. The van der Waals surface area contributed by atoms with E-state index in [-0.39, 0.29) is 21.9 Å². The Balaban J connectivity index is 1.80. The van der Waals surface area contributed by atoms with Gasteiger partial charge >= 0.3 is 0 Å². The Labute approximate surface area is 167 Å². The predicted molar refractivity (Wildman–Crippen MR) is 110 cm³/mol. The number of alkyl halides is 1. The Bertz CT molecular complexity index is 717. The molecule has 0 amide bonds. The topological polar surface area (TPSA) is 37.3 Å². The zero-order chi connectivity index (χ0) is 19.7. The summed E-state index contributed by atoms with van der Waals surface area (Å²) in [5.74, 6) is 0.108. The van der Waals surface area contributed by atoms with Crippen LogP contribution in [-0.2, 0) is 4.79 Å². The summed E-state index contributed by atoms with van der Waals surface area (Å²) in [7, 11) is 0. The van der Waals surface area contributed by atoms with Gasteiger partial charge in [-0.3, -0.25) is 4.79 Å². The van der Waals surface area contributed by atoms with E-state index >= 15 is 4.39 Å². The standard InChI is InChI=1S/C23H33FO2S/c1-5-10-22(27-4)12-9-17-18-7-6-15-13-16(25)8-11-20(15,2)23(18,24)19(26)14-21(17,22)3/h8,11,13,17-19,26H,5-7,9-10,12,14H2,1-4H3/t17-,18-,19-,20-,21-,22-,23-/m0/s1. The minimum absolute atomic E-state index is 0.0339. The van der Waals surface area contributed by atoms with Crippen molar-refractivity contribution in [1.82, 2.24) is 0 Å². The predicted octanol–water partition coefficient (Wildman–Crippen LogP) is 5.26. The normalized spacial score (nSPS) is 51.4. The molecule has 1 N–H and O–H groups in total. The Kier molecular flexibility index (Phi) is 4.52. The van der Waals surface area contributed by atoms with Crippen LogP contribution >= 0.6 is 11.8 Å². The molecule has 4 aliphatic carbocycles. The van der Waals surface area contributed by atoms with Crippen LogP contribution in [0.4, 0.5) is 4.39 Å². The molecule has 150 valence electrons. The maximum absolute atomic E-state index is 16.9. The van der Waals surface area contributed by atoms with Gasteiger partial charge in [0.15, 0.2) is 11.5 Å². The number of carbonyl (C=O) groups is 1. The summed E-state index contributed by atoms with van der Waals surface area (Å²) in [6.07, 6.45) is 12.6. The van der Waals surface area contributed by atoms with Crippen molar-refractivity contribution in [3.05, 3.63) is 23.8 Å². The first kappa shape index (κ1) is 19.7. The van der Waals surface area contributed by atoms with Crippen molar-refractivity contribution in [2.75, 3.05) is 6.26 Å². The summed E-state index contributed by atoms with van der Waals surface area (Å²) in [5, 5.41) is 11.3. The van der Waals surface area contributed by atoms with Crippen molar-refractivity contribution in [2.24, 2.45) is 22.7 Å². The third kappa shape index (κ3) is 2.26. The summed E-state index contributed by atoms with van der Waals surface area (Å²) < 4.78 is 17.1. The fourth-order valence-electron chi connectivity index (χ4n) is 7.54. The number of allylic oxidation sites excluding steroid dienone is 4. The minimum atomic E-state index is -1.68. The molecule has 4 aliphatic rings. The van der Waals surface area contributed by atoms with Gasteiger partial charge in [-0.1, -0.05) is 31.9 Å². The lowest BCUT2D eigenvalue weighted by Gasteiger charge is -2.63. The highest BCUT2D eigenvalue weighted by atomic mass is 32.2. The average molecular weight is 393 g/mol. The monoisotopic (exact) mass is 392 g/mol. The summed E-state index contributed by atoms with van der Waals surface area (Å²) in [6.45, 7) is 6.46. The molecule has 0 spiro atoms. The fourth-order valence-corrected chi connectivity index (χ4v) is 8.97. The molecule has 0 saturated heterocycles. The van der Waals surface area contributed by atoms with Crippen LogP contribution in [-0.4, -0.2) is 33.7 Å². The van der Waals surface area contributed by atoms with Crippen LogP contribution in [0, 0.1) is 22.7 Å². The molecule has 4 heteroatoms. The smallest absolute Gasteiger partial charge is 0.178 e. The molecule has 3 fully saturated rings. The zero-order valence-corrected chi connectivity index (χ0v) is 17.9. The maximum Gasteiger partial charge on any atom is 0.178 e. The highest BCUT2D eigenvalue weighted by Crippen LogP contribution is 2.72. The van der Waals surface area contributed by atoms with Crippen molar-refractivity contribution >= 4 is 17.5 Å². The molecule has 0 aromatic heterocycles. The largest absolute Gasteiger partial charge is 0.390 e. The molecule has 2 nitrogen and oxygen atoms in total. The third-order valence-corrected chi connectivity index (χ3v) is 10.6. The van der Waals surface area contributed by atoms with Crippen molar-refractivity contribution in [1.29, 1.82) is 0 Å². The van der Waals surface area contributed by atoms with Crippen LogP contribution in [0.5, 0.6) is 0 Å². The summed E-state index contributed by atoms with van der Waals surface area (Å²) in [4.78, 5) is 11.9. The van der Waals surface area contributed by atoms with E-state index in [0.29, 0.717) is 12.3 Å². The van der Waals surface area contributed by atoms with Gasteiger partial charge in [0.2, 0.25) is 0 Å². The summed E-state index contributed by atoms with van der Waals surface area (Å²) >= 11 is 1.95. The van der Waals surface area contributed by atoms with Gasteiger partial charge in [-0.25, -0.2) is 4.39 Å². The van der Waals surface area contributed by atoms with Gasteiger partial charge in [-0.15, -0.1) is 0 Å². The van der Waals surface area contributed by atoms with Crippen LogP contribution in [0.2, 0.25) is 0 Å². The number of thioether (sulfide) groups is 1. The van der Waals surface area contributed by atoms with Gasteiger partial charge in [0.1, 0.15) is 0 Å². The number of rotatable bonds is 3. The van der Waals surface area contributed by atoms with E-state index < -0.39 is 17.2 Å². The fraction of sp³-hybridized carbons (Fsp3) is 0.783. The van der Waals surface area contributed by atoms with E-state index in [2.05, 4.69) is 20.1 Å². The van der Waals surface area contributed by atoms with E-state index in [1.165, 1.54) is 6.08 Å². The van der Waals surface area contributed by atoms with E-state index in [1.54, 1.807) is 12.2 Å². The molecule has 7 atom stereocenters. The Hall–Kier alpha value is -0.610. The maximum atomic E-state index is 16.9. The quantitative estimate of drug-likeness (QED) is 0.712. The highest BCUT2D eigenvalue weighted by Gasteiger charge is 2.72. The van der Waals surface area contributed by atoms with Crippen LogP contribution in [0.15, 0.2) is 23.8 Å². The lowest BCUT2D eigenvalue weighted by molar-refractivity contribution is -0.192. The van der Waals surface area contributed by atoms with Crippen LogP contribution in [0.3, 0.4) is 0 Å². The second-order valence-electron chi connectivity index (χ2n) is 9.75. The molecule has 0 radical (unpaired) electrons. The number of fused-ring (bicyclic) bond motifs is 5. The molecule has 0 aromatic rings. The SMILES string of the molecule is CCC[C@]1(SC)CC[C@H]2[C@@H]3CCC4=CC(=O)C=C[C@]4(C)[C@@]3(F)[C@@H](O)C[C@@]21C. The van der Waals surface area contributed by atoms with Crippen molar-refractivity contribution < 1.29 is 14.3 Å². The number of carbonyl (C=O) groups excluding carboxylic acids is 1. The molecule has 27 heavy (non-hydrogen) atoms. The van der Waals surface area contributed by atoms with Crippen LogP contribution in [0.25, 0.3) is 0 Å². The minimum Gasteiger partial charge on any atom is -0.390 e. The van der Waals surface area contributed by atoms with E-state index in [4.69, 9.17) is 0 Å². The second-order valence-corrected chi connectivity index (χ2v) is 10.9. The Morgan fingerprint density at radius 1 is 1.30 bits per heavy atom. The first-order valence-electron chi connectivity index (χ1n) is 10.5. The molecule has 0 heterocycles. The van der Waals surface area contributed by atoms with Gasteiger partial charge in [0, 0.05) is 16.1 Å². The number of halogens is 1. The van der Waals surface area contributed by atoms with Gasteiger partial charge in [-0.05, 0) is 75.2 Å². The third-order valence-electron chi connectivity index (χ3n) is 8.98. The summed E-state index contributed by atoms with van der Waals surface area (Å²) in [6, 6.07) is 0. The molecular weight excluding hydrogens is 359 g/mol. The molecule has 0 aliphatic heterocycles. The van der Waals surface area contributed by atoms with E-state index in [9.17, 15) is 9.90 Å². The average Bonchev–Trinajstić information content (AvgIpc) is 2.90. The first-order chi connectivity index (χ1) is 12.7. The number of aliphatic hydroxyl groups excluding tert-OH is 1. The number of ketones is 1. The van der Waals surface area contributed by atoms with Crippen molar-refractivity contribution in [3.8, 4) is 0 Å². The van der Waals surface area contributed by atoms with Crippen LogP contribution in [0.1, 0.15) is 65.7 Å². The number of hydrogen-bond acceptors (Lipinski definition) is 3. The number of aliphatic hydroxyl groups is 1.